The summed E-state index contributed by atoms with van der Waals surface area (Å²) in [6, 6.07) is -0.300. The molecule has 1 saturated heterocycles. The van der Waals surface area contributed by atoms with Crippen molar-refractivity contribution in [1.29, 1.82) is 0 Å². The lowest BCUT2D eigenvalue weighted by Gasteiger charge is -2.28. The molecule has 0 spiro atoms. The SMILES string of the molecule is CC(C)(C)OC(=O)N1C(C(N)=O)CC2CC21. The minimum absolute atomic E-state index is 0.173. The Hall–Kier alpha value is -1.26. The van der Waals surface area contributed by atoms with Gasteiger partial charge < -0.3 is 10.5 Å². The van der Waals surface area contributed by atoms with Gasteiger partial charge in [0.1, 0.15) is 11.6 Å². The van der Waals surface area contributed by atoms with Gasteiger partial charge in [0, 0.05) is 6.04 Å². The summed E-state index contributed by atoms with van der Waals surface area (Å²) in [6.45, 7) is 5.43. The predicted octanol–water partition coefficient (Wildman–Crippen LogP) is 0.870. The van der Waals surface area contributed by atoms with Crippen molar-refractivity contribution in [3.63, 3.8) is 0 Å². The lowest BCUT2D eigenvalue weighted by atomic mass is 10.1. The smallest absolute Gasteiger partial charge is 0.411 e. The van der Waals surface area contributed by atoms with E-state index in [9.17, 15) is 9.59 Å². The van der Waals surface area contributed by atoms with Crippen LogP contribution in [-0.2, 0) is 9.53 Å². The van der Waals surface area contributed by atoms with Gasteiger partial charge in [0.05, 0.1) is 0 Å². The fourth-order valence-corrected chi connectivity index (χ4v) is 2.29. The van der Waals surface area contributed by atoms with E-state index in [1.807, 2.05) is 20.8 Å². The maximum Gasteiger partial charge on any atom is 0.411 e. The van der Waals surface area contributed by atoms with Crippen LogP contribution in [0, 0.1) is 5.92 Å². The second-order valence-electron chi connectivity index (χ2n) is 5.60. The van der Waals surface area contributed by atoms with Gasteiger partial charge in [-0.3, -0.25) is 9.69 Å². The number of rotatable bonds is 1. The fourth-order valence-electron chi connectivity index (χ4n) is 2.29. The molecule has 0 aromatic rings. The zero-order chi connectivity index (χ0) is 12.1. The van der Waals surface area contributed by atoms with Gasteiger partial charge >= 0.3 is 6.09 Å². The van der Waals surface area contributed by atoms with Crippen LogP contribution in [0.1, 0.15) is 33.6 Å². The van der Waals surface area contributed by atoms with Gasteiger partial charge in [-0.15, -0.1) is 0 Å². The highest BCUT2D eigenvalue weighted by Crippen LogP contribution is 2.48. The van der Waals surface area contributed by atoms with Crippen LogP contribution < -0.4 is 5.73 Å². The number of ether oxygens (including phenoxy) is 1. The van der Waals surface area contributed by atoms with Gasteiger partial charge in [-0.1, -0.05) is 0 Å². The van der Waals surface area contributed by atoms with Gasteiger partial charge in [-0.05, 0) is 39.5 Å². The van der Waals surface area contributed by atoms with Crippen molar-refractivity contribution >= 4 is 12.0 Å². The highest BCUT2D eigenvalue weighted by atomic mass is 16.6. The zero-order valence-corrected chi connectivity index (χ0v) is 9.90. The van der Waals surface area contributed by atoms with Crippen LogP contribution in [0.5, 0.6) is 0 Å². The van der Waals surface area contributed by atoms with Crippen molar-refractivity contribution in [2.75, 3.05) is 0 Å². The largest absolute Gasteiger partial charge is 0.444 e. The highest BCUT2D eigenvalue weighted by molar-refractivity contribution is 5.85. The van der Waals surface area contributed by atoms with E-state index in [0.29, 0.717) is 12.3 Å². The van der Waals surface area contributed by atoms with Crippen molar-refractivity contribution in [2.24, 2.45) is 11.7 Å². The molecule has 2 N–H and O–H groups in total. The molecule has 0 aromatic heterocycles. The molecule has 2 rings (SSSR count). The minimum atomic E-state index is -0.535. The third kappa shape index (κ3) is 1.99. The molecule has 1 aliphatic carbocycles. The Labute approximate surface area is 94.9 Å². The first-order valence-corrected chi connectivity index (χ1v) is 5.60. The Morgan fingerprint density at radius 1 is 1.31 bits per heavy atom. The van der Waals surface area contributed by atoms with E-state index in [-0.39, 0.29) is 6.04 Å². The molecule has 3 unspecified atom stereocenters. The van der Waals surface area contributed by atoms with E-state index in [1.165, 1.54) is 4.90 Å². The quantitative estimate of drug-likeness (QED) is 0.721. The molecule has 0 aromatic carbocycles. The second-order valence-corrected chi connectivity index (χ2v) is 5.60. The molecule has 5 heteroatoms. The molecule has 1 heterocycles. The summed E-state index contributed by atoms with van der Waals surface area (Å²) in [5.41, 5.74) is 4.75. The van der Waals surface area contributed by atoms with Gasteiger partial charge in [0.15, 0.2) is 0 Å². The Morgan fingerprint density at radius 2 is 1.94 bits per heavy atom. The molecular weight excluding hydrogens is 208 g/mol. The van der Waals surface area contributed by atoms with Crippen molar-refractivity contribution in [3.05, 3.63) is 0 Å². The first-order chi connectivity index (χ1) is 7.29. The molecule has 2 aliphatic rings. The number of likely N-dealkylation sites (tertiary alicyclic amines) is 1. The van der Waals surface area contributed by atoms with Gasteiger partial charge in [-0.25, -0.2) is 4.79 Å². The molecule has 0 bridgehead atoms. The van der Waals surface area contributed by atoms with Gasteiger partial charge in [0.25, 0.3) is 0 Å². The lowest BCUT2D eigenvalue weighted by Crippen LogP contribution is -2.47. The van der Waals surface area contributed by atoms with Crippen LogP contribution in [-0.4, -0.2) is 34.6 Å². The summed E-state index contributed by atoms with van der Waals surface area (Å²) in [6.07, 6.45) is 1.25. The maximum absolute atomic E-state index is 11.9. The number of carbonyl (C=O) groups excluding carboxylic acids is 2. The number of piperidine rings is 1. The number of hydrogen-bond donors (Lipinski definition) is 1. The molecule has 2 amide bonds. The van der Waals surface area contributed by atoms with Crippen LogP contribution in [0.2, 0.25) is 0 Å². The number of nitrogens with two attached hydrogens (primary N) is 1. The first kappa shape index (κ1) is 11.2. The van der Waals surface area contributed by atoms with Crippen LogP contribution in [0.3, 0.4) is 0 Å². The first-order valence-electron chi connectivity index (χ1n) is 5.60. The van der Waals surface area contributed by atoms with E-state index in [2.05, 4.69) is 0 Å². The summed E-state index contributed by atoms with van der Waals surface area (Å²) in [4.78, 5) is 24.7. The summed E-state index contributed by atoms with van der Waals surface area (Å²) < 4.78 is 5.28. The molecule has 1 aliphatic heterocycles. The molecule has 2 fully saturated rings. The molecular formula is C11H18N2O3. The van der Waals surface area contributed by atoms with Crippen molar-refractivity contribution in [1.82, 2.24) is 4.90 Å². The van der Waals surface area contributed by atoms with Gasteiger partial charge in [0.2, 0.25) is 5.91 Å². The number of amides is 2. The predicted molar refractivity (Wildman–Crippen MR) is 57.6 cm³/mol. The Morgan fingerprint density at radius 3 is 2.44 bits per heavy atom. The van der Waals surface area contributed by atoms with E-state index in [4.69, 9.17) is 10.5 Å². The second kappa shape index (κ2) is 3.37. The van der Waals surface area contributed by atoms with E-state index in [0.717, 1.165) is 6.42 Å². The highest BCUT2D eigenvalue weighted by Gasteiger charge is 2.56. The zero-order valence-electron chi connectivity index (χ0n) is 9.90. The number of carbonyl (C=O) groups is 2. The van der Waals surface area contributed by atoms with Crippen LogP contribution >= 0.6 is 0 Å². The van der Waals surface area contributed by atoms with Crippen molar-refractivity contribution in [3.8, 4) is 0 Å². The number of hydrogen-bond acceptors (Lipinski definition) is 3. The molecule has 3 atom stereocenters. The summed E-state index contributed by atoms with van der Waals surface area (Å²) in [7, 11) is 0. The number of nitrogens with zero attached hydrogens (tertiary/aromatic N) is 1. The Bertz CT molecular complexity index is 335. The van der Waals surface area contributed by atoms with E-state index in [1.54, 1.807) is 0 Å². The summed E-state index contributed by atoms with van der Waals surface area (Å²) in [5.74, 6) is 0.0167. The third-order valence-corrected chi connectivity index (χ3v) is 3.04. The van der Waals surface area contributed by atoms with Gasteiger partial charge in [-0.2, -0.15) is 0 Å². The van der Waals surface area contributed by atoms with Crippen molar-refractivity contribution in [2.45, 2.75) is 51.3 Å². The maximum atomic E-state index is 11.9. The third-order valence-electron chi connectivity index (χ3n) is 3.04. The molecule has 5 nitrogen and oxygen atoms in total. The minimum Gasteiger partial charge on any atom is -0.444 e. The fraction of sp³-hybridized carbons (Fsp3) is 0.818. The normalized spacial score (nSPS) is 32.2. The topological polar surface area (TPSA) is 72.6 Å². The van der Waals surface area contributed by atoms with Crippen LogP contribution in [0.4, 0.5) is 4.79 Å². The average molecular weight is 226 g/mol. The molecule has 90 valence electrons. The van der Waals surface area contributed by atoms with Crippen molar-refractivity contribution < 1.29 is 14.3 Å². The van der Waals surface area contributed by atoms with E-state index >= 15 is 0 Å². The number of fused-ring (bicyclic) bond motifs is 1. The number of primary amides is 1. The van der Waals surface area contributed by atoms with Crippen LogP contribution in [0.15, 0.2) is 0 Å². The molecule has 1 saturated carbocycles. The van der Waals surface area contributed by atoms with Crippen LogP contribution in [0.25, 0.3) is 0 Å². The average Bonchev–Trinajstić information content (AvgIpc) is 2.73. The molecule has 0 radical (unpaired) electrons. The molecule has 16 heavy (non-hydrogen) atoms. The van der Waals surface area contributed by atoms with E-state index < -0.39 is 23.6 Å². The standard InChI is InChI=1S/C11H18N2O3/c1-11(2,3)16-10(15)13-7-4-6(7)5-8(13)9(12)14/h6-8H,4-5H2,1-3H3,(H2,12,14). The summed E-state index contributed by atoms with van der Waals surface area (Å²) in [5, 5.41) is 0. The Balaban J connectivity index is 2.07. The Kier molecular flexibility index (Phi) is 2.36. The monoisotopic (exact) mass is 226 g/mol. The summed E-state index contributed by atoms with van der Waals surface area (Å²) >= 11 is 0. The lowest BCUT2D eigenvalue weighted by molar-refractivity contribution is -0.122.